The third kappa shape index (κ3) is 4.20. The molecule has 0 fully saturated rings. The summed E-state index contributed by atoms with van der Waals surface area (Å²) in [5, 5.41) is 2.81. The molecule has 8 nitrogen and oxygen atoms in total. The number of ether oxygens (including phenoxy) is 2. The van der Waals surface area contributed by atoms with Crippen LogP contribution in [0.1, 0.15) is 10.4 Å². The van der Waals surface area contributed by atoms with Crippen LogP contribution in [0.4, 0.5) is 5.69 Å². The quantitative estimate of drug-likeness (QED) is 0.787. The van der Waals surface area contributed by atoms with E-state index in [0.29, 0.717) is 35.9 Å². The van der Waals surface area contributed by atoms with Gasteiger partial charge in [0.1, 0.15) is 12.7 Å². The number of hydrogen-bond acceptors (Lipinski definition) is 5. The van der Waals surface area contributed by atoms with Crippen molar-refractivity contribution in [1.29, 1.82) is 0 Å². The van der Waals surface area contributed by atoms with Gasteiger partial charge < -0.3 is 14.8 Å². The number of carbonyl (C=O) groups excluding carboxylic acids is 1. The minimum absolute atomic E-state index is 0.271. The summed E-state index contributed by atoms with van der Waals surface area (Å²) < 4.78 is 38.0. The Morgan fingerprint density at radius 3 is 2.36 bits per heavy atom. The summed E-state index contributed by atoms with van der Waals surface area (Å²) in [6.07, 6.45) is -0.283. The van der Waals surface area contributed by atoms with Crippen molar-refractivity contribution in [3.63, 3.8) is 0 Å². The molecule has 2 aromatic rings. The van der Waals surface area contributed by atoms with E-state index in [1.807, 2.05) is 24.3 Å². The molecule has 0 radical (unpaired) electrons. The zero-order valence-corrected chi connectivity index (χ0v) is 16.8. The van der Waals surface area contributed by atoms with E-state index in [1.54, 1.807) is 24.3 Å². The first kappa shape index (κ1) is 20.0. The number of benzene rings is 2. The van der Waals surface area contributed by atoms with E-state index in [2.05, 4.69) is 5.32 Å². The van der Waals surface area contributed by atoms with Gasteiger partial charge in [-0.3, -0.25) is 9.10 Å². The Bertz CT molecular complexity index is 944. The largest absolute Gasteiger partial charge is 0.486 e. The van der Waals surface area contributed by atoms with Crippen molar-refractivity contribution in [2.75, 3.05) is 38.6 Å². The lowest BCUT2D eigenvalue weighted by atomic mass is 10.2. The molecular weight excluding hydrogens is 382 g/mol. The van der Waals surface area contributed by atoms with Gasteiger partial charge in [0, 0.05) is 26.7 Å². The van der Waals surface area contributed by atoms with Crippen LogP contribution in [-0.4, -0.2) is 59.0 Å². The number of anilines is 1. The molecule has 0 saturated carbocycles. The van der Waals surface area contributed by atoms with Gasteiger partial charge in [0.2, 0.25) is 0 Å². The number of hydrogen-bond donors (Lipinski definition) is 1. The van der Waals surface area contributed by atoms with E-state index in [-0.39, 0.29) is 12.0 Å². The van der Waals surface area contributed by atoms with Crippen LogP contribution in [0, 0.1) is 0 Å². The minimum atomic E-state index is -3.58. The molecular formula is C19H23N3O5S. The highest BCUT2D eigenvalue weighted by Crippen LogP contribution is 2.30. The van der Waals surface area contributed by atoms with Crippen LogP contribution in [0.25, 0.3) is 0 Å². The molecule has 0 unspecified atom stereocenters. The number of nitrogens with one attached hydrogen (secondary N) is 1. The minimum Gasteiger partial charge on any atom is -0.486 e. The van der Waals surface area contributed by atoms with Crippen LogP contribution in [0.2, 0.25) is 0 Å². The standard InChI is InChI=1S/C19H23N3O5S/c1-21(2)28(24,25)22(3)15-10-8-14(9-11-15)19(23)20-12-16-13-26-17-6-4-5-7-18(17)27-16/h4-11,16H,12-13H2,1-3H3,(H,20,23)/t16-/m1/s1. The second-order valence-electron chi connectivity index (χ2n) is 6.51. The van der Waals surface area contributed by atoms with Crippen LogP contribution in [0.15, 0.2) is 48.5 Å². The highest BCUT2D eigenvalue weighted by Gasteiger charge is 2.22. The molecule has 1 N–H and O–H groups in total. The number of amides is 1. The fourth-order valence-electron chi connectivity index (χ4n) is 2.67. The molecule has 1 aliphatic rings. The predicted molar refractivity (Wildman–Crippen MR) is 106 cm³/mol. The maximum atomic E-state index is 12.4. The number of nitrogens with zero attached hydrogens (tertiary/aromatic N) is 2. The van der Waals surface area contributed by atoms with E-state index in [4.69, 9.17) is 9.47 Å². The third-order valence-corrected chi connectivity index (χ3v) is 6.18. The van der Waals surface area contributed by atoms with Gasteiger partial charge in [-0.1, -0.05) is 12.1 Å². The average molecular weight is 405 g/mol. The van der Waals surface area contributed by atoms with Gasteiger partial charge >= 0.3 is 10.2 Å². The Morgan fingerprint density at radius 1 is 1.07 bits per heavy atom. The highest BCUT2D eigenvalue weighted by atomic mass is 32.2. The third-order valence-electron chi connectivity index (χ3n) is 4.36. The molecule has 0 aromatic heterocycles. The molecule has 0 saturated heterocycles. The summed E-state index contributed by atoms with van der Waals surface area (Å²) in [5.41, 5.74) is 0.891. The summed E-state index contributed by atoms with van der Waals surface area (Å²) in [4.78, 5) is 12.4. The van der Waals surface area contributed by atoms with Gasteiger partial charge in [0.25, 0.3) is 5.91 Å². The molecule has 1 aliphatic heterocycles. The second-order valence-corrected chi connectivity index (χ2v) is 8.69. The SMILES string of the molecule is CN(C)S(=O)(=O)N(C)c1ccc(C(=O)NC[C@@H]2COc3ccccc3O2)cc1. The Labute approximate surface area is 164 Å². The van der Waals surface area contributed by atoms with Crippen LogP contribution in [0.5, 0.6) is 11.5 Å². The molecule has 1 atom stereocenters. The van der Waals surface area contributed by atoms with Crippen molar-refractivity contribution >= 4 is 21.8 Å². The first-order valence-corrected chi connectivity index (χ1v) is 10.1. The Kier molecular flexibility index (Phi) is 5.76. The summed E-state index contributed by atoms with van der Waals surface area (Å²) in [6, 6.07) is 13.7. The number of fused-ring (bicyclic) bond motifs is 1. The molecule has 9 heteroatoms. The van der Waals surface area contributed by atoms with E-state index in [9.17, 15) is 13.2 Å². The van der Waals surface area contributed by atoms with Crippen molar-refractivity contribution in [2.45, 2.75) is 6.10 Å². The maximum Gasteiger partial charge on any atom is 0.303 e. The zero-order valence-electron chi connectivity index (χ0n) is 16.0. The average Bonchev–Trinajstić information content (AvgIpc) is 2.71. The molecule has 0 aliphatic carbocycles. The van der Waals surface area contributed by atoms with Crippen molar-refractivity contribution in [3.8, 4) is 11.5 Å². The maximum absolute atomic E-state index is 12.4. The predicted octanol–water partition coefficient (Wildman–Crippen LogP) is 1.50. The molecule has 2 aromatic carbocycles. The van der Waals surface area contributed by atoms with Crippen molar-refractivity contribution in [3.05, 3.63) is 54.1 Å². The summed E-state index contributed by atoms with van der Waals surface area (Å²) in [6.45, 7) is 0.646. The fraction of sp³-hybridized carbons (Fsp3) is 0.316. The molecule has 0 bridgehead atoms. The Morgan fingerprint density at radius 2 is 1.71 bits per heavy atom. The molecule has 28 heavy (non-hydrogen) atoms. The lowest BCUT2D eigenvalue weighted by Crippen LogP contribution is -2.40. The van der Waals surface area contributed by atoms with E-state index in [0.717, 1.165) is 8.61 Å². The smallest absolute Gasteiger partial charge is 0.303 e. The van der Waals surface area contributed by atoms with Crippen LogP contribution >= 0.6 is 0 Å². The summed E-state index contributed by atoms with van der Waals surface area (Å²) >= 11 is 0. The second kappa shape index (κ2) is 8.07. The van der Waals surface area contributed by atoms with E-state index >= 15 is 0 Å². The van der Waals surface area contributed by atoms with Crippen LogP contribution in [-0.2, 0) is 10.2 Å². The summed E-state index contributed by atoms with van der Waals surface area (Å²) in [5.74, 6) is 1.08. The van der Waals surface area contributed by atoms with Crippen molar-refractivity contribution in [2.24, 2.45) is 0 Å². The molecule has 1 heterocycles. The van der Waals surface area contributed by atoms with Gasteiger partial charge in [-0.05, 0) is 36.4 Å². The topological polar surface area (TPSA) is 88.2 Å². The normalized spacial score (nSPS) is 15.9. The van der Waals surface area contributed by atoms with Crippen LogP contribution < -0.4 is 19.1 Å². The fourth-order valence-corrected chi connectivity index (χ4v) is 3.55. The number of rotatable bonds is 6. The zero-order chi connectivity index (χ0) is 20.3. The molecule has 1 amide bonds. The van der Waals surface area contributed by atoms with E-state index in [1.165, 1.54) is 21.1 Å². The first-order valence-electron chi connectivity index (χ1n) is 8.72. The molecule has 0 spiro atoms. The lowest BCUT2D eigenvalue weighted by molar-refractivity contribution is 0.0789. The van der Waals surface area contributed by atoms with Gasteiger partial charge in [-0.25, -0.2) is 0 Å². The van der Waals surface area contributed by atoms with Gasteiger partial charge in [0.15, 0.2) is 11.5 Å². The van der Waals surface area contributed by atoms with E-state index < -0.39 is 10.2 Å². The Hall–Kier alpha value is -2.78. The van der Waals surface area contributed by atoms with Crippen molar-refractivity contribution < 1.29 is 22.7 Å². The van der Waals surface area contributed by atoms with Gasteiger partial charge in [-0.15, -0.1) is 0 Å². The van der Waals surface area contributed by atoms with Crippen molar-refractivity contribution in [1.82, 2.24) is 9.62 Å². The van der Waals surface area contributed by atoms with Crippen LogP contribution in [0.3, 0.4) is 0 Å². The number of para-hydroxylation sites is 2. The van der Waals surface area contributed by atoms with Gasteiger partial charge in [-0.2, -0.15) is 12.7 Å². The monoisotopic (exact) mass is 405 g/mol. The lowest BCUT2D eigenvalue weighted by Gasteiger charge is -2.26. The first-order chi connectivity index (χ1) is 13.3. The number of carbonyl (C=O) groups is 1. The molecule has 3 rings (SSSR count). The van der Waals surface area contributed by atoms with Gasteiger partial charge in [0.05, 0.1) is 12.2 Å². The highest BCUT2D eigenvalue weighted by molar-refractivity contribution is 7.90. The summed E-state index contributed by atoms with van der Waals surface area (Å²) in [7, 11) is 0.807. The Balaban J connectivity index is 1.58. The molecule has 150 valence electrons.